The van der Waals surface area contributed by atoms with Crippen LogP contribution >= 0.6 is 33.3 Å². The maximum Gasteiger partial charge on any atom is 0.423 e. The van der Waals surface area contributed by atoms with Crippen molar-refractivity contribution in [3.05, 3.63) is 76.6 Å². The number of fused-ring (bicyclic) bond motifs is 2. The number of rotatable bonds is 15. The monoisotopic (exact) mass is 856 g/mol. The van der Waals surface area contributed by atoms with Crippen LogP contribution in [0, 0.1) is 20.8 Å². The Labute approximate surface area is 345 Å². The summed E-state index contributed by atoms with van der Waals surface area (Å²) in [6.07, 6.45) is 0.963. The van der Waals surface area contributed by atoms with E-state index in [1.807, 2.05) is 46.8 Å². The van der Waals surface area contributed by atoms with Crippen LogP contribution in [0.1, 0.15) is 47.8 Å². The SMILES string of the molecule is COc1c(C)cnc(C[S+]([O-])c2nc3cc(C)ccc3n2C(=O)OCCSSCCOC(=O)C2N3C(=O)[C@@H](NC(=O)C(N)c4ccc(O)cc4)[C@H]3SC2(C)C)c1C. The number of hydrogen-bond donors (Lipinski definition) is 3. The van der Waals surface area contributed by atoms with Gasteiger partial charge < -0.3 is 39.8 Å². The Hall–Kier alpha value is -4.14. The van der Waals surface area contributed by atoms with E-state index in [1.54, 1.807) is 19.4 Å². The summed E-state index contributed by atoms with van der Waals surface area (Å²) in [7, 11) is 4.44. The van der Waals surface area contributed by atoms with Gasteiger partial charge in [-0.1, -0.05) is 39.8 Å². The molecule has 15 nitrogen and oxygen atoms in total. The van der Waals surface area contributed by atoms with Crippen LogP contribution in [0.5, 0.6) is 11.5 Å². The number of β-lactam (4-membered cyclic amide) rings is 1. The highest BCUT2D eigenvalue weighted by Gasteiger charge is 2.64. The molecule has 2 aliphatic heterocycles. The highest BCUT2D eigenvalue weighted by atomic mass is 33.1. The van der Waals surface area contributed by atoms with Gasteiger partial charge in [-0.3, -0.25) is 14.6 Å². The second kappa shape index (κ2) is 17.8. The number of nitrogens with zero attached hydrogens (tertiary/aromatic N) is 4. The lowest BCUT2D eigenvalue weighted by molar-refractivity contribution is -0.164. The molecule has 4 heterocycles. The van der Waals surface area contributed by atoms with Crippen LogP contribution in [0.4, 0.5) is 4.79 Å². The number of ether oxygens (including phenoxy) is 3. The Bertz CT molecular complexity index is 2170. The van der Waals surface area contributed by atoms with E-state index < -0.39 is 57.4 Å². The Balaban J connectivity index is 0.957. The molecule has 3 unspecified atom stereocenters. The molecule has 19 heteroatoms. The number of aryl methyl sites for hydroxylation is 2. The van der Waals surface area contributed by atoms with Crippen LogP contribution in [-0.4, -0.2) is 107 Å². The van der Waals surface area contributed by atoms with Gasteiger partial charge in [-0.15, -0.1) is 11.8 Å². The third-order valence-electron chi connectivity index (χ3n) is 9.57. The van der Waals surface area contributed by atoms with E-state index in [0.717, 1.165) is 16.7 Å². The molecule has 4 aromatic rings. The summed E-state index contributed by atoms with van der Waals surface area (Å²) in [5, 5.41) is 11.9. The summed E-state index contributed by atoms with van der Waals surface area (Å²) in [5.41, 5.74) is 10.7. The van der Waals surface area contributed by atoms with Gasteiger partial charge in [0, 0.05) is 44.8 Å². The number of carbonyl (C=O) groups is 4. The van der Waals surface area contributed by atoms with Gasteiger partial charge in [-0.2, -0.15) is 9.55 Å². The molecule has 57 heavy (non-hydrogen) atoms. The zero-order chi connectivity index (χ0) is 41.2. The molecule has 0 saturated carbocycles. The van der Waals surface area contributed by atoms with Crippen LogP contribution in [0.15, 0.2) is 53.8 Å². The maximum absolute atomic E-state index is 13.7. The van der Waals surface area contributed by atoms with Crippen molar-refractivity contribution < 1.29 is 43.0 Å². The lowest BCUT2D eigenvalue weighted by Crippen LogP contribution is -2.71. The molecular weight excluding hydrogens is 813 g/mol. The average Bonchev–Trinajstić information content (AvgIpc) is 3.68. The number of benzene rings is 2. The first-order valence-corrected chi connectivity index (χ1v) is 22.6. The summed E-state index contributed by atoms with van der Waals surface area (Å²) in [6, 6.07) is 8.64. The van der Waals surface area contributed by atoms with Crippen LogP contribution in [0.2, 0.25) is 0 Å². The summed E-state index contributed by atoms with van der Waals surface area (Å²) >= 11 is -0.328. The van der Waals surface area contributed by atoms with Crippen molar-refractivity contribution in [3.63, 3.8) is 0 Å². The Morgan fingerprint density at radius 2 is 1.77 bits per heavy atom. The number of aromatic hydroxyl groups is 1. The van der Waals surface area contributed by atoms with E-state index in [-0.39, 0.29) is 35.8 Å². The fraction of sp³-hybridized carbons (Fsp3) is 0.421. The van der Waals surface area contributed by atoms with Crippen molar-refractivity contribution in [2.45, 2.75) is 73.8 Å². The molecule has 2 aromatic carbocycles. The van der Waals surface area contributed by atoms with E-state index in [0.29, 0.717) is 39.5 Å². The molecule has 0 aliphatic carbocycles. The lowest BCUT2D eigenvalue weighted by atomic mass is 9.95. The minimum Gasteiger partial charge on any atom is -0.609 e. The lowest BCUT2D eigenvalue weighted by Gasteiger charge is -2.44. The van der Waals surface area contributed by atoms with Gasteiger partial charge in [0.2, 0.25) is 11.8 Å². The molecule has 2 amide bonds. The third kappa shape index (κ3) is 8.97. The summed E-state index contributed by atoms with van der Waals surface area (Å²) < 4.78 is 31.0. The summed E-state index contributed by atoms with van der Waals surface area (Å²) in [6.45, 7) is 9.51. The van der Waals surface area contributed by atoms with Crippen LogP contribution < -0.4 is 15.8 Å². The number of phenolic OH excluding ortho intramolecular Hbond substituents is 1. The van der Waals surface area contributed by atoms with Gasteiger partial charge in [-0.25, -0.2) is 9.59 Å². The molecule has 5 atom stereocenters. The largest absolute Gasteiger partial charge is 0.609 e. The van der Waals surface area contributed by atoms with E-state index in [1.165, 1.54) is 67.1 Å². The number of esters is 1. The van der Waals surface area contributed by atoms with Gasteiger partial charge >= 0.3 is 17.2 Å². The average molecular weight is 857 g/mol. The van der Waals surface area contributed by atoms with Gasteiger partial charge in [0.1, 0.15) is 48.2 Å². The Morgan fingerprint density at radius 3 is 2.46 bits per heavy atom. The standard InChI is InChI=1S/C38H44N6O9S4/c1-20-7-12-27-25(17-20)41-36(57(50)19-26-22(3)30(51-6)21(2)18-40-26)43(27)37(49)53-14-16-55-54-15-13-52-35(48)31-38(4,5)56-34-29(33(47)44(31)34)42-32(46)28(39)23-8-10-24(45)11-9-23/h7-12,17-18,28-29,31,34,45H,13-16,19,39H2,1-6H3,(H,42,46)/t28?,29-,31?,34-,57?/m1/s1. The number of pyridine rings is 1. The molecule has 2 saturated heterocycles. The predicted molar refractivity (Wildman–Crippen MR) is 221 cm³/mol. The number of amides is 2. The van der Waals surface area contributed by atoms with Gasteiger partial charge in [-0.05, 0) is 70.0 Å². The van der Waals surface area contributed by atoms with E-state index >= 15 is 0 Å². The fourth-order valence-electron chi connectivity index (χ4n) is 6.71. The third-order valence-corrected chi connectivity index (χ3v) is 14.7. The molecule has 0 radical (unpaired) electrons. The summed E-state index contributed by atoms with van der Waals surface area (Å²) in [4.78, 5) is 63.2. The van der Waals surface area contributed by atoms with E-state index in [2.05, 4.69) is 15.3 Å². The van der Waals surface area contributed by atoms with Gasteiger partial charge in [0.25, 0.3) is 0 Å². The predicted octanol–water partition coefficient (Wildman–Crippen LogP) is 4.53. The number of imidazole rings is 1. The van der Waals surface area contributed by atoms with Gasteiger partial charge in [0.05, 0.1) is 23.8 Å². The normalized spacial score (nSPS) is 19.4. The molecule has 6 rings (SSSR count). The molecule has 0 spiro atoms. The van der Waals surface area contributed by atoms with Crippen molar-refractivity contribution >= 4 is 79.4 Å². The number of nitrogens with two attached hydrogens (primary N) is 1. The zero-order valence-electron chi connectivity index (χ0n) is 32.2. The number of phenols is 1. The highest BCUT2D eigenvalue weighted by Crippen LogP contribution is 2.51. The molecule has 304 valence electrons. The van der Waals surface area contributed by atoms with Gasteiger partial charge in [0.15, 0.2) is 5.75 Å². The number of nitrogens with one attached hydrogen (secondary N) is 1. The quantitative estimate of drug-likeness (QED) is 0.0493. The van der Waals surface area contributed by atoms with Crippen LogP contribution in [0.3, 0.4) is 0 Å². The fourth-order valence-corrected chi connectivity index (χ4v) is 11.2. The van der Waals surface area contributed by atoms with Crippen LogP contribution in [-0.2, 0) is 40.8 Å². The second-order valence-electron chi connectivity index (χ2n) is 14.0. The number of carbonyl (C=O) groups excluding carboxylic acids is 4. The molecule has 4 N–H and O–H groups in total. The minimum atomic E-state index is -1.74. The first-order valence-electron chi connectivity index (χ1n) is 17.9. The smallest absolute Gasteiger partial charge is 0.423 e. The summed E-state index contributed by atoms with van der Waals surface area (Å²) in [5.74, 6) is 0.155. The van der Waals surface area contributed by atoms with E-state index in [9.17, 15) is 28.8 Å². The molecular formula is C38H44N6O9S4. The number of hydrogen-bond acceptors (Lipinski definition) is 15. The molecule has 2 fully saturated rings. The molecule has 2 aromatic heterocycles. The first kappa shape index (κ1) is 42.5. The Morgan fingerprint density at radius 1 is 1.09 bits per heavy atom. The number of aromatic nitrogens is 3. The van der Waals surface area contributed by atoms with Crippen molar-refractivity contribution in [1.29, 1.82) is 0 Å². The number of methoxy groups -OCH3 is 1. The van der Waals surface area contributed by atoms with Crippen molar-refractivity contribution in [2.24, 2.45) is 5.73 Å². The number of thioether (sulfide) groups is 1. The molecule has 2 aliphatic rings. The van der Waals surface area contributed by atoms with Crippen molar-refractivity contribution in [3.8, 4) is 11.5 Å². The van der Waals surface area contributed by atoms with Crippen molar-refractivity contribution in [1.82, 2.24) is 24.8 Å². The van der Waals surface area contributed by atoms with E-state index in [4.69, 9.17) is 19.9 Å². The highest BCUT2D eigenvalue weighted by molar-refractivity contribution is 8.76. The van der Waals surface area contributed by atoms with Crippen molar-refractivity contribution in [2.75, 3.05) is 31.8 Å². The zero-order valence-corrected chi connectivity index (χ0v) is 35.4. The topological polar surface area (TPSA) is 211 Å². The molecule has 0 bridgehead atoms. The first-order chi connectivity index (χ1) is 27.1. The minimum absolute atomic E-state index is 0.0258. The van der Waals surface area contributed by atoms with Crippen LogP contribution in [0.25, 0.3) is 11.0 Å². The maximum atomic E-state index is 13.7. The second-order valence-corrected chi connectivity index (χ2v) is 19.8. The Kier molecular flexibility index (Phi) is 13.2.